The van der Waals surface area contributed by atoms with Gasteiger partial charge in [0.05, 0.1) is 12.5 Å². The average Bonchev–Trinajstić information content (AvgIpc) is 2.85. The van der Waals surface area contributed by atoms with Gasteiger partial charge in [-0.1, -0.05) is 35.0 Å². The number of carbonyl (C=O) groups excluding carboxylic acids is 1. The first-order valence-electron chi connectivity index (χ1n) is 6.48. The van der Waals surface area contributed by atoms with E-state index in [4.69, 9.17) is 9.63 Å². The molecule has 2 rings (SSSR count). The minimum absolute atomic E-state index is 0.134. The topological polar surface area (TPSA) is 92.4 Å². The summed E-state index contributed by atoms with van der Waals surface area (Å²) in [4.78, 5) is 23.1. The summed E-state index contributed by atoms with van der Waals surface area (Å²) in [6, 6.07) is 8.23. The molecule has 1 amide bonds. The van der Waals surface area contributed by atoms with Crippen LogP contribution in [0.2, 0.25) is 0 Å². The van der Waals surface area contributed by atoms with Gasteiger partial charge in [-0.05, 0) is 19.4 Å². The molecule has 0 aliphatic heterocycles. The monoisotopic (exact) mass is 288 g/mol. The van der Waals surface area contributed by atoms with Gasteiger partial charge < -0.3 is 14.9 Å². The van der Waals surface area contributed by atoms with Gasteiger partial charge in [0.25, 0.3) is 5.91 Å². The van der Waals surface area contributed by atoms with Gasteiger partial charge in [-0.25, -0.2) is 0 Å². The fourth-order valence-electron chi connectivity index (χ4n) is 1.93. The van der Waals surface area contributed by atoms with E-state index in [1.807, 2.05) is 19.1 Å². The fourth-order valence-corrected chi connectivity index (χ4v) is 1.93. The molecule has 1 heterocycles. The molecule has 1 atom stereocenters. The number of hydrogen-bond donors (Lipinski definition) is 2. The molecule has 2 aromatic rings. The number of amides is 1. The fraction of sp³-hybridized carbons (Fsp3) is 0.267. The third-order valence-electron chi connectivity index (χ3n) is 3.02. The summed E-state index contributed by atoms with van der Waals surface area (Å²) >= 11 is 0. The predicted molar refractivity (Wildman–Crippen MR) is 74.9 cm³/mol. The molecule has 0 bridgehead atoms. The number of nitrogens with one attached hydrogen (secondary N) is 1. The summed E-state index contributed by atoms with van der Waals surface area (Å²) < 4.78 is 4.84. The smallest absolute Gasteiger partial charge is 0.305 e. The lowest BCUT2D eigenvalue weighted by Crippen LogP contribution is -2.30. The highest BCUT2D eigenvalue weighted by atomic mass is 16.5. The number of aryl methyl sites for hydroxylation is 2. The summed E-state index contributed by atoms with van der Waals surface area (Å²) in [6.45, 7) is 3.62. The molecule has 2 N–H and O–H groups in total. The van der Waals surface area contributed by atoms with Crippen molar-refractivity contribution in [1.29, 1.82) is 0 Å². The minimum Gasteiger partial charge on any atom is -0.481 e. The molecule has 0 aliphatic rings. The minimum atomic E-state index is -0.989. The Hall–Kier alpha value is -2.63. The largest absolute Gasteiger partial charge is 0.481 e. The Morgan fingerprint density at radius 3 is 2.48 bits per heavy atom. The van der Waals surface area contributed by atoms with Gasteiger partial charge in [0.1, 0.15) is 5.76 Å². The Bertz CT molecular complexity index is 646. The summed E-state index contributed by atoms with van der Waals surface area (Å²) in [5, 5.41) is 15.3. The van der Waals surface area contributed by atoms with Crippen LogP contribution in [0.15, 0.2) is 34.9 Å². The summed E-state index contributed by atoms with van der Waals surface area (Å²) in [6.07, 6.45) is -0.203. The molecular formula is C15H16N2O4. The normalized spacial score (nSPS) is 11.9. The number of rotatable bonds is 5. The lowest BCUT2D eigenvalue weighted by atomic mass is 10.0. The Morgan fingerprint density at radius 2 is 1.95 bits per heavy atom. The quantitative estimate of drug-likeness (QED) is 0.880. The van der Waals surface area contributed by atoms with Crippen LogP contribution in [0.1, 0.15) is 39.8 Å². The van der Waals surface area contributed by atoms with Crippen molar-refractivity contribution in [3.8, 4) is 0 Å². The van der Waals surface area contributed by atoms with Crippen LogP contribution in [0.25, 0.3) is 0 Å². The summed E-state index contributed by atoms with van der Waals surface area (Å²) in [5.41, 5.74) is 1.93. The third kappa shape index (κ3) is 3.92. The number of carbonyl (C=O) groups is 2. The second-order valence-electron chi connectivity index (χ2n) is 4.86. The van der Waals surface area contributed by atoms with Crippen molar-refractivity contribution in [2.24, 2.45) is 0 Å². The van der Waals surface area contributed by atoms with Crippen LogP contribution in [-0.4, -0.2) is 22.1 Å². The molecule has 0 spiro atoms. The molecular weight excluding hydrogens is 272 g/mol. The van der Waals surface area contributed by atoms with Crippen LogP contribution in [0, 0.1) is 13.8 Å². The zero-order chi connectivity index (χ0) is 15.4. The number of nitrogens with zero attached hydrogens (tertiary/aromatic N) is 1. The molecule has 1 unspecified atom stereocenters. The lowest BCUT2D eigenvalue weighted by molar-refractivity contribution is -0.137. The molecule has 110 valence electrons. The summed E-state index contributed by atoms with van der Waals surface area (Å²) in [5.74, 6) is -0.929. The molecule has 0 saturated carbocycles. The van der Waals surface area contributed by atoms with E-state index in [0.29, 0.717) is 5.76 Å². The molecule has 6 nitrogen and oxygen atoms in total. The first kappa shape index (κ1) is 14.8. The highest BCUT2D eigenvalue weighted by Gasteiger charge is 2.20. The van der Waals surface area contributed by atoms with E-state index in [1.165, 1.54) is 6.07 Å². The maximum Gasteiger partial charge on any atom is 0.305 e. The molecule has 21 heavy (non-hydrogen) atoms. The van der Waals surface area contributed by atoms with Crippen molar-refractivity contribution in [2.75, 3.05) is 0 Å². The number of carboxylic acids is 1. The Balaban J connectivity index is 2.18. The molecule has 1 aromatic carbocycles. The highest BCUT2D eigenvalue weighted by molar-refractivity contribution is 5.92. The number of hydrogen-bond acceptors (Lipinski definition) is 4. The van der Waals surface area contributed by atoms with E-state index in [9.17, 15) is 9.59 Å². The van der Waals surface area contributed by atoms with Crippen molar-refractivity contribution in [3.05, 3.63) is 52.9 Å². The first-order chi connectivity index (χ1) is 9.95. The molecule has 0 saturated heterocycles. The van der Waals surface area contributed by atoms with E-state index >= 15 is 0 Å². The van der Waals surface area contributed by atoms with Gasteiger partial charge >= 0.3 is 5.97 Å². The standard InChI is InChI=1S/C15H16N2O4/c1-9-3-5-11(6-4-9)12(8-14(18)19)16-15(20)13-7-10(2)21-17-13/h3-7,12H,8H2,1-2H3,(H,16,20)(H,18,19). The SMILES string of the molecule is Cc1ccc(C(CC(=O)O)NC(=O)c2cc(C)on2)cc1. The Morgan fingerprint density at radius 1 is 1.29 bits per heavy atom. The Kier molecular flexibility index (Phi) is 4.37. The maximum absolute atomic E-state index is 12.1. The zero-order valence-corrected chi connectivity index (χ0v) is 11.8. The highest BCUT2D eigenvalue weighted by Crippen LogP contribution is 2.18. The van der Waals surface area contributed by atoms with Crippen LogP contribution < -0.4 is 5.32 Å². The van der Waals surface area contributed by atoms with Crippen molar-refractivity contribution in [1.82, 2.24) is 10.5 Å². The van der Waals surface area contributed by atoms with Crippen LogP contribution in [-0.2, 0) is 4.79 Å². The predicted octanol–water partition coefficient (Wildman–Crippen LogP) is 2.24. The molecule has 0 radical (unpaired) electrons. The van der Waals surface area contributed by atoms with E-state index in [0.717, 1.165) is 11.1 Å². The number of aliphatic carboxylic acids is 1. The van der Waals surface area contributed by atoms with Crippen LogP contribution >= 0.6 is 0 Å². The van der Waals surface area contributed by atoms with E-state index in [2.05, 4.69) is 10.5 Å². The van der Waals surface area contributed by atoms with Gasteiger partial charge in [0, 0.05) is 6.07 Å². The van der Waals surface area contributed by atoms with Crippen LogP contribution in [0.4, 0.5) is 0 Å². The van der Waals surface area contributed by atoms with E-state index in [1.54, 1.807) is 19.1 Å². The van der Waals surface area contributed by atoms with Crippen molar-refractivity contribution in [3.63, 3.8) is 0 Å². The summed E-state index contributed by atoms with van der Waals surface area (Å²) in [7, 11) is 0. The number of aromatic nitrogens is 1. The Labute approximate surface area is 121 Å². The zero-order valence-electron chi connectivity index (χ0n) is 11.8. The van der Waals surface area contributed by atoms with Gasteiger partial charge in [0.2, 0.25) is 0 Å². The molecule has 1 aromatic heterocycles. The lowest BCUT2D eigenvalue weighted by Gasteiger charge is -2.16. The average molecular weight is 288 g/mol. The van der Waals surface area contributed by atoms with E-state index < -0.39 is 17.9 Å². The van der Waals surface area contributed by atoms with Crippen LogP contribution in [0.5, 0.6) is 0 Å². The van der Waals surface area contributed by atoms with E-state index in [-0.39, 0.29) is 12.1 Å². The van der Waals surface area contributed by atoms with Gasteiger partial charge in [-0.2, -0.15) is 0 Å². The van der Waals surface area contributed by atoms with Gasteiger partial charge in [0.15, 0.2) is 5.69 Å². The van der Waals surface area contributed by atoms with Crippen molar-refractivity contribution >= 4 is 11.9 Å². The van der Waals surface area contributed by atoms with Crippen molar-refractivity contribution < 1.29 is 19.2 Å². The number of benzene rings is 1. The second-order valence-corrected chi connectivity index (χ2v) is 4.86. The molecule has 0 aliphatic carbocycles. The van der Waals surface area contributed by atoms with Gasteiger partial charge in [-0.3, -0.25) is 9.59 Å². The number of carboxylic acid groups (broad SMARTS) is 1. The first-order valence-corrected chi connectivity index (χ1v) is 6.48. The third-order valence-corrected chi connectivity index (χ3v) is 3.02. The van der Waals surface area contributed by atoms with Crippen molar-refractivity contribution in [2.45, 2.75) is 26.3 Å². The van der Waals surface area contributed by atoms with Crippen LogP contribution in [0.3, 0.4) is 0 Å². The molecule has 6 heteroatoms. The molecule has 0 fully saturated rings. The second kappa shape index (κ2) is 6.21. The van der Waals surface area contributed by atoms with Gasteiger partial charge in [-0.15, -0.1) is 0 Å². The maximum atomic E-state index is 12.1.